The van der Waals surface area contributed by atoms with Gasteiger partial charge in [0.15, 0.2) is 11.2 Å². The van der Waals surface area contributed by atoms with E-state index in [1.165, 1.54) is 34.9 Å². The molecule has 1 aromatic carbocycles. The van der Waals surface area contributed by atoms with Gasteiger partial charge < -0.3 is 15.0 Å². The minimum Gasteiger partial charge on any atom is -0.481 e. The lowest BCUT2D eigenvalue weighted by Gasteiger charge is -2.23. The minimum atomic E-state index is -1.78. The van der Waals surface area contributed by atoms with Crippen LogP contribution in [0.15, 0.2) is 35.3 Å². The number of halogens is 4. The standard InChI is InChI=1S/C20H15Cl4N7O7/c21-29(7-11-6-25-15-14(26-11)16(33)28-20(27-15)31(23)24)12-3-1-9(2-4-12)17(34)30(22)13(19(37)38)5-10(8-32)18(35)36/h1-4,6,8,10,13H,5,7H2,(H,35,36)(H,37,38)(H,25,27,28,33)/t10?,13-/m0/s1. The number of hydrogen-bond acceptors (Lipinski definition) is 10. The largest absolute Gasteiger partial charge is 0.481 e. The number of aliphatic carboxylic acids is 2. The van der Waals surface area contributed by atoms with Gasteiger partial charge in [-0.05, 0) is 30.7 Å². The summed E-state index contributed by atoms with van der Waals surface area (Å²) in [7, 11) is 0. The average Bonchev–Trinajstić information content (AvgIpc) is 2.88. The van der Waals surface area contributed by atoms with Crippen LogP contribution in [-0.4, -0.2) is 64.7 Å². The van der Waals surface area contributed by atoms with Crippen LogP contribution in [0.25, 0.3) is 11.2 Å². The van der Waals surface area contributed by atoms with Gasteiger partial charge in [-0.3, -0.25) is 23.8 Å². The number of carboxylic acid groups (broad SMARTS) is 2. The maximum Gasteiger partial charge on any atom is 0.327 e. The molecule has 3 rings (SSSR count). The lowest BCUT2D eigenvalue weighted by Crippen LogP contribution is -2.41. The number of carbonyl (C=O) groups excluding carboxylic acids is 2. The topological polar surface area (TPSA) is 190 Å². The molecular weight excluding hydrogens is 592 g/mol. The lowest BCUT2D eigenvalue weighted by molar-refractivity contribution is -0.146. The molecule has 0 aliphatic rings. The van der Waals surface area contributed by atoms with E-state index in [2.05, 4.69) is 19.9 Å². The van der Waals surface area contributed by atoms with Gasteiger partial charge >= 0.3 is 11.9 Å². The highest BCUT2D eigenvalue weighted by Crippen LogP contribution is 2.23. The average molecular weight is 607 g/mol. The molecule has 2 aromatic heterocycles. The number of fused-ring (bicyclic) bond motifs is 1. The second-order valence-corrected chi connectivity index (χ2v) is 9.13. The number of carbonyl (C=O) groups is 4. The molecule has 14 nitrogen and oxygen atoms in total. The molecule has 18 heteroatoms. The van der Waals surface area contributed by atoms with Crippen molar-refractivity contribution in [1.29, 1.82) is 0 Å². The van der Waals surface area contributed by atoms with Crippen molar-refractivity contribution in [3.8, 4) is 0 Å². The first-order chi connectivity index (χ1) is 17.9. The quantitative estimate of drug-likeness (QED) is 0.164. The molecule has 3 aromatic rings. The second-order valence-electron chi connectivity index (χ2n) is 7.51. The first-order valence-electron chi connectivity index (χ1n) is 10.2. The van der Waals surface area contributed by atoms with Gasteiger partial charge in [0.1, 0.15) is 18.2 Å². The number of nitrogens with one attached hydrogen (secondary N) is 1. The van der Waals surface area contributed by atoms with E-state index in [4.69, 9.17) is 52.2 Å². The van der Waals surface area contributed by atoms with Crippen molar-refractivity contribution in [1.82, 2.24) is 24.4 Å². The molecule has 3 N–H and O–H groups in total. The molecule has 0 bridgehead atoms. The van der Waals surface area contributed by atoms with Crippen molar-refractivity contribution in [2.24, 2.45) is 5.92 Å². The van der Waals surface area contributed by atoms with E-state index < -0.39 is 41.8 Å². The molecule has 2 heterocycles. The maximum absolute atomic E-state index is 12.7. The van der Waals surface area contributed by atoms with Crippen LogP contribution in [0.3, 0.4) is 0 Å². The van der Waals surface area contributed by atoms with E-state index >= 15 is 0 Å². The van der Waals surface area contributed by atoms with E-state index in [1.54, 1.807) is 0 Å². The fourth-order valence-electron chi connectivity index (χ4n) is 3.11. The molecule has 1 amide bonds. The smallest absolute Gasteiger partial charge is 0.327 e. The molecule has 0 saturated carbocycles. The first-order valence-corrected chi connectivity index (χ1v) is 11.6. The lowest BCUT2D eigenvalue weighted by atomic mass is 10.0. The number of aromatic nitrogens is 4. The van der Waals surface area contributed by atoms with Crippen molar-refractivity contribution < 1.29 is 29.4 Å². The Bertz CT molecular complexity index is 1440. The van der Waals surface area contributed by atoms with E-state index in [0.29, 0.717) is 19.7 Å². The number of benzene rings is 1. The molecule has 200 valence electrons. The third kappa shape index (κ3) is 6.58. The Kier molecular flexibility index (Phi) is 9.27. The van der Waals surface area contributed by atoms with Crippen LogP contribution in [0.5, 0.6) is 0 Å². The number of rotatable bonds is 11. The summed E-state index contributed by atoms with van der Waals surface area (Å²) in [6.45, 7) is -0.0267. The first kappa shape index (κ1) is 28.8. The van der Waals surface area contributed by atoms with E-state index in [0.717, 1.165) is 0 Å². The number of H-pyrrole nitrogens is 1. The third-order valence-corrected chi connectivity index (χ3v) is 6.05. The molecule has 0 radical (unpaired) electrons. The summed E-state index contributed by atoms with van der Waals surface area (Å²) in [5.74, 6) is -5.89. The number of anilines is 2. The van der Waals surface area contributed by atoms with Crippen LogP contribution >= 0.6 is 47.1 Å². The predicted molar refractivity (Wildman–Crippen MR) is 136 cm³/mol. The number of carboxylic acids is 2. The maximum atomic E-state index is 12.7. The zero-order valence-corrected chi connectivity index (χ0v) is 21.7. The van der Waals surface area contributed by atoms with Crippen LogP contribution in [0, 0.1) is 5.92 Å². The molecule has 2 atom stereocenters. The van der Waals surface area contributed by atoms with Gasteiger partial charge in [0.25, 0.3) is 11.5 Å². The van der Waals surface area contributed by atoms with Crippen molar-refractivity contribution in [2.45, 2.75) is 19.0 Å². The van der Waals surface area contributed by atoms with Crippen LogP contribution < -0.4 is 13.9 Å². The van der Waals surface area contributed by atoms with E-state index in [1.807, 2.05) is 0 Å². The number of hydrogen-bond donors (Lipinski definition) is 3. The summed E-state index contributed by atoms with van der Waals surface area (Å²) in [6.07, 6.45) is 0.674. The van der Waals surface area contributed by atoms with Gasteiger partial charge in [0.2, 0.25) is 5.95 Å². The van der Waals surface area contributed by atoms with Gasteiger partial charge in [-0.15, -0.1) is 0 Å². The zero-order chi connectivity index (χ0) is 28.1. The van der Waals surface area contributed by atoms with Crippen molar-refractivity contribution >= 4 is 94.0 Å². The Morgan fingerprint density at radius 2 is 1.68 bits per heavy atom. The van der Waals surface area contributed by atoms with Crippen LogP contribution in [0.2, 0.25) is 0 Å². The van der Waals surface area contributed by atoms with Gasteiger partial charge in [-0.1, -0.05) is 0 Å². The van der Waals surface area contributed by atoms with Gasteiger partial charge in [-0.2, -0.15) is 8.92 Å². The summed E-state index contributed by atoms with van der Waals surface area (Å²) >= 11 is 23.4. The molecule has 0 spiro atoms. The fraction of sp³-hybridized carbons (Fsp3) is 0.200. The number of aromatic amines is 1. The van der Waals surface area contributed by atoms with Crippen LogP contribution in [-0.2, 0) is 20.9 Å². The number of aldehydes is 1. The summed E-state index contributed by atoms with van der Waals surface area (Å²) in [5.41, 5.74) is -0.0819. The van der Waals surface area contributed by atoms with E-state index in [-0.39, 0.29) is 35.5 Å². The summed E-state index contributed by atoms with van der Waals surface area (Å²) in [6, 6.07) is 3.69. The zero-order valence-electron chi connectivity index (χ0n) is 18.7. The summed E-state index contributed by atoms with van der Waals surface area (Å²) in [5, 5.41) is 18.4. The van der Waals surface area contributed by atoms with Crippen LogP contribution in [0.1, 0.15) is 22.5 Å². The monoisotopic (exact) mass is 605 g/mol. The number of amides is 1. The highest BCUT2D eigenvalue weighted by Gasteiger charge is 2.34. The Morgan fingerprint density at radius 1 is 1.03 bits per heavy atom. The molecule has 1 unspecified atom stereocenters. The summed E-state index contributed by atoms with van der Waals surface area (Å²) in [4.78, 5) is 73.1. The molecule has 0 aliphatic heterocycles. The highest BCUT2D eigenvalue weighted by molar-refractivity contribution is 6.48. The van der Waals surface area contributed by atoms with Gasteiger partial charge in [-0.25, -0.2) is 19.2 Å². The fourth-order valence-corrected chi connectivity index (χ4v) is 3.76. The van der Waals surface area contributed by atoms with Crippen molar-refractivity contribution in [3.05, 3.63) is 52.1 Å². The van der Waals surface area contributed by atoms with Crippen LogP contribution in [0.4, 0.5) is 11.6 Å². The normalized spacial score (nSPS) is 12.4. The predicted octanol–water partition coefficient (Wildman–Crippen LogP) is 2.33. The molecule has 0 fully saturated rings. The van der Waals surface area contributed by atoms with Gasteiger partial charge in [0, 0.05) is 52.7 Å². The molecule has 0 saturated heterocycles. The number of nitrogens with zero attached hydrogens (tertiary/aromatic N) is 6. The Hall–Kier alpha value is -3.72. The Morgan fingerprint density at radius 3 is 2.24 bits per heavy atom. The van der Waals surface area contributed by atoms with E-state index in [9.17, 15) is 29.1 Å². The third-order valence-electron chi connectivity index (χ3n) is 5.02. The molecule has 0 aliphatic carbocycles. The summed E-state index contributed by atoms with van der Waals surface area (Å²) < 4.78 is 2.10. The Balaban J connectivity index is 1.74. The highest BCUT2D eigenvalue weighted by atomic mass is 35.5. The van der Waals surface area contributed by atoms with Crippen molar-refractivity contribution in [2.75, 3.05) is 8.36 Å². The molecule has 38 heavy (non-hydrogen) atoms. The SMILES string of the molecule is O=CC(C[C@@H](C(=O)O)N(Cl)C(=O)c1ccc(N(Cl)Cc2cnc3nc(N(Cl)Cl)[nH]c(=O)c3n2)cc1)C(=O)O. The van der Waals surface area contributed by atoms with Gasteiger partial charge in [0.05, 0.1) is 24.1 Å². The second kappa shape index (κ2) is 12.2. The molecular formula is C20H15Cl4N7O7. The Labute approximate surface area is 232 Å². The van der Waals surface area contributed by atoms with Crippen molar-refractivity contribution in [3.63, 3.8) is 0 Å². The minimum absolute atomic E-state index is 0.00380.